The Morgan fingerprint density at radius 2 is 2.35 bits per heavy atom. The van der Waals surface area contributed by atoms with Gasteiger partial charge in [-0.05, 0) is 18.1 Å². The van der Waals surface area contributed by atoms with Crippen LogP contribution in [0.3, 0.4) is 0 Å². The van der Waals surface area contributed by atoms with E-state index in [1.54, 1.807) is 11.8 Å². The van der Waals surface area contributed by atoms with Crippen LogP contribution in [0.5, 0.6) is 0 Å². The number of benzene rings is 1. The predicted molar refractivity (Wildman–Crippen MR) is 63.3 cm³/mol. The van der Waals surface area contributed by atoms with Crippen molar-refractivity contribution in [2.24, 2.45) is 0 Å². The molecule has 2 aromatic rings. The molecule has 2 heterocycles. The fourth-order valence-electron chi connectivity index (χ4n) is 1.91. The minimum atomic E-state index is -1.07. The SMILES string of the molecule is O=C(O)c1cc(-c2cccc3c2SCC3)on1. The molecule has 1 N–H and O–H groups in total. The van der Waals surface area contributed by atoms with Crippen LogP contribution >= 0.6 is 11.8 Å². The Balaban J connectivity index is 2.09. The third-order valence-electron chi connectivity index (χ3n) is 2.71. The van der Waals surface area contributed by atoms with Gasteiger partial charge in [0, 0.05) is 22.3 Å². The van der Waals surface area contributed by atoms with Crippen molar-refractivity contribution in [2.75, 3.05) is 5.75 Å². The maximum atomic E-state index is 10.8. The Bertz CT molecular complexity index is 591. The first-order valence-corrected chi connectivity index (χ1v) is 6.19. The number of nitrogens with zero attached hydrogens (tertiary/aromatic N) is 1. The number of aromatic carboxylic acids is 1. The highest BCUT2D eigenvalue weighted by molar-refractivity contribution is 7.99. The number of fused-ring (bicyclic) bond motifs is 1. The van der Waals surface area contributed by atoms with E-state index >= 15 is 0 Å². The van der Waals surface area contributed by atoms with Crippen LogP contribution in [0.4, 0.5) is 0 Å². The number of carbonyl (C=O) groups is 1. The molecule has 1 aliphatic rings. The number of carboxylic acid groups (broad SMARTS) is 1. The third kappa shape index (κ3) is 1.72. The van der Waals surface area contributed by atoms with Gasteiger partial charge in [0.2, 0.25) is 0 Å². The Kier molecular flexibility index (Phi) is 2.40. The molecule has 0 spiro atoms. The van der Waals surface area contributed by atoms with Crippen LogP contribution in [0, 0.1) is 0 Å². The van der Waals surface area contributed by atoms with E-state index in [0.29, 0.717) is 5.76 Å². The molecule has 0 unspecified atom stereocenters. The minimum absolute atomic E-state index is 0.0550. The predicted octanol–water partition coefficient (Wildman–Crippen LogP) is 2.69. The zero-order valence-electron chi connectivity index (χ0n) is 8.84. The van der Waals surface area contributed by atoms with E-state index < -0.39 is 5.97 Å². The van der Waals surface area contributed by atoms with Gasteiger partial charge in [-0.1, -0.05) is 17.3 Å². The Morgan fingerprint density at radius 1 is 1.47 bits per heavy atom. The number of rotatable bonds is 2. The van der Waals surface area contributed by atoms with E-state index in [1.165, 1.54) is 16.5 Å². The van der Waals surface area contributed by atoms with Crippen LogP contribution in [0.2, 0.25) is 0 Å². The van der Waals surface area contributed by atoms with Crippen LogP contribution in [-0.2, 0) is 6.42 Å². The van der Waals surface area contributed by atoms with Crippen molar-refractivity contribution in [3.63, 3.8) is 0 Å². The van der Waals surface area contributed by atoms with Crippen LogP contribution in [0.15, 0.2) is 33.7 Å². The second-order valence-electron chi connectivity index (χ2n) is 3.77. The van der Waals surface area contributed by atoms with E-state index in [4.69, 9.17) is 9.63 Å². The molecule has 0 bridgehead atoms. The van der Waals surface area contributed by atoms with Gasteiger partial charge in [-0.3, -0.25) is 0 Å². The maximum Gasteiger partial charge on any atom is 0.358 e. The van der Waals surface area contributed by atoms with Crippen molar-refractivity contribution in [3.05, 3.63) is 35.5 Å². The third-order valence-corrected chi connectivity index (χ3v) is 3.89. The van der Waals surface area contributed by atoms with Crippen molar-refractivity contribution < 1.29 is 14.4 Å². The Labute approximate surface area is 102 Å². The first-order valence-electron chi connectivity index (χ1n) is 5.21. The van der Waals surface area contributed by atoms with Crippen LogP contribution in [0.25, 0.3) is 11.3 Å². The van der Waals surface area contributed by atoms with E-state index in [9.17, 15) is 4.79 Å². The second kappa shape index (κ2) is 3.92. The molecule has 86 valence electrons. The van der Waals surface area contributed by atoms with Gasteiger partial charge < -0.3 is 9.63 Å². The molecule has 1 aromatic heterocycles. The lowest BCUT2D eigenvalue weighted by Crippen LogP contribution is -1.94. The standard InChI is InChI=1S/C12H9NO3S/c14-12(15)9-6-10(16-13-9)8-3-1-2-7-4-5-17-11(7)8/h1-3,6H,4-5H2,(H,14,15). The molecular weight excluding hydrogens is 238 g/mol. The van der Waals surface area contributed by atoms with Crippen molar-refractivity contribution in [3.8, 4) is 11.3 Å². The molecule has 5 heteroatoms. The van der Waals surface area contributed by atoms with Gasteiger partial charge >= 0.3 is 5.97 Å². The van der Waals surface area contributed by atoms with Gasteiger partial charge in [0.1, 0.15) is 0 Å². The number of carboxylic acids is 1. The number of hydrogen-bond donors (Lipinski definition) is 1. The quantitative estimate of drug-likeness (QED) is 0.883. The van der Waals surface area contributed by atoms with E-state index in [0.717, 1.165) is 17.7 Å². The Hall–Kier alpha value is -1.75. The van der Waals surface area contributed by atoms with Crippen molar-refractivity contribution in [1.82, 2.24) is 5.16 Å². The average molecular weight is 247 g/mol. The topological polar surface area (TPSA) is 63.3 Å². The molecule has 0 saturated heterocycles. The summed E-state index contributed by atoms with van der Waals surface area (Å²) in [6.07, 6.45) is 1.05. The lowest BCUT2D eigenvalue weighted by Gasteiger charge is -2.02. The van der Waals surface area contributed by atoms with Gasteiger partial charge in [-0.25, -0.2) is 4.79 Å². The zero-order chi connectivity index (χ0) is 11.8. The average Bonchev–Trinajstić information content (AvgIpc) is 2.97. The van der Waals surface area contributed by atoms with Gasteiger partial charge in [-0.2, -0.15) is 0 Å². The monoisotopic (exact) mass is 247 g/mol. The number of aryl methyl sites for hydroxylation is 1. The van der Waals surface area contributed by atoms with Crippen LogP contribution in [-0.4, -0.2) is 22.0 Å². The van der Waals surface area contributed by atoms with Gasteiger partial charge in [0.15, 0.2) is 11.5 Å². The first kappa shape index (κ1) is 10.4. The van der Waals surface area contributed by atoms with Crippen molar-refractivity contribution >= 4 is 17.7 Å². The summed E-state index contributed by atoms with van der Waals surface area (Å²) in [5.74, 6) is 0.514. The lowest BCUT2D eigenvalue weighted by atomic mass is 10.1. The van der Waals surface area contributed by atoms with Gasteiger partial charge in [0.05, 0.1) is 0 Å². The zero-order valence-corrected chi connectivity index (χ0v) is 9.66. The van der Waals surface area contributed by atoms with Crippen LogP contribution in [0.1, 0.15) is 16.1 Å². The summed E-state index contributed by atoms with van der Waals surface area (Å²) in [5.41, 5.74) is 2.17. The maximum absolute atomic E-state index is 10.8. The molecule has 0 aliphatic carbocycles. The molecule has 1 aliphatic heterocycles. The molecule has 0 amide bonds. The smallest absolute Gasteiger partial charge is 0.358 e. The molecule has 0 radical (unpaired) electrons. The summed E-state index contributed by atoms with van der Waals surface area (Å²) < 4.78 is 5.09. The molecule has 0 fully saturated rings. The fourth-order valence-corrected chi connectivity index (χ4v) is 3.12. The van der Waals surface area contributed by atoms with E-state index in [2.05, 4.69) is 11.2 Å². The molecule has 3 rings (SSSR count). The summed E-state index contributed by atoms with van der Waals surface area (Å²) in [4.78, 5) is 11.9. The largest absolute Gasteiger partial charge is 0.476 e. The van der Waals surface area contributed by atoms with E-state index in [1.807, 2.05) is 12.1 Å². The summed E-state index contributed by atoms with van der Waals surface area (Å²) in [6.45, 7) is 0. The second-order valence-corrected chi connectivity index (χ2v) is 4.88. The van der Waals surface area contributed by atoms with Crippen molar-refractivity contribution in [1.29, 1.82) is 0 Å². The highest BCUT2D eigenvalue weighted by Gasteiger charge is 2.20. The summed E-state index contributed by atoms with van der Waals surface area (Å²) in [7, 11) is 0. The fraction of sp³-hybridized carbons (Fsp3) is 0.167. The molecule has 17 heavy (non-hydrogen) atoms. The van der Waals surface area contributed by atoms with Gasteiger partial charge in [0.25, 0.3) is 0 Å². The number of thioether (sulfide) groups is 1. The molecule has 4 nitrogen and oxygen atoms in total. The number of hydrogen-bond acceptors (Lipinski definition) is 4. The molecular formula is C12H9NO3S. The molecule has 0 saturated carbocycles. The van der Waals surface area contributed by atoms with Gasteiger partial charge in [-0.15, -0.1) is 11.8 Å². The van der Waals surface area contributed by atoms with Crippen LogP contribution < -0.4 is 0 Å². The van der Waals surface area contributed by atoms with E-state index in [-0.39, 0.29) is 5.69 Å². The highest BCUT2D eigenvalue weighted by atomic mass is 32.2. The summed E-state index contributed by atoms with van der Waals surface area (Å²) in [5, 5.41) is 12.3. The highest BCUT2D eigenvalue weighted by Crippen LogP contribution is 2.39. The first-order chi connectivity index (χ1) is 8.25. The summed E-state index contributed by atoms with van der Waals surface area (Å²) in [6, 6.07) is 7.45. The number of aromatic nitrogens is 1. The molecule has 0 atom stereocenters. The van der Waals surface area contributed by atoms with Crippen molar-refractivity contribution in [2.45, 2.75) is 11.3 Å². The minimum Gasteiger partial charge on any atom is -0.476 e. The molecule has 1 aromatic carbocycles. The summed E-state index contributed by atoms with van der Waals surface area (Å²) >= 11 is 1.77. The normalized spacial score (nSPS) is 13.6. The lowest BCUT2D eigenvalue weighted by molar-refractivity contribution is 0.0686. The Morgan fingerprint density at radius 3 is 3.12 bits per heavy atom.